The predicted molar refractivity (Wildman–Crippen MR) is 69.7 cm³/mol. The van der Waals surface area contributed by atoms with Crippen molar-refractivity contribution < 1.29 is 9.18 Å². The van der Waals surface area contributed by atoms with Crippen LogP contribution < -0.4 is 5.73 Å². The molecule has 2 rings (SSSR count). The molecule has 1 unspecified atom stereocenters. The first kappa shape index (κ1) is 12.9. The van der Waals surface area contributed by atoms with Gasteiger partial charge < -0.3 is 10.6 Å². The number of carbonyl (C=O) groups is 1. The fourth-order valence-corrected chi connectivity index (χ4v) is 2.48. The van der Waals surface area contributed by atoms with Crippen LogP contribution in [0.5, 0.6) is 0 Å². The molecule has 0 spiro atoms. The van der Waals surface area contributed by atoms with Gasteiger partial charge in [0.15, 0.2) is 0 Å². The van der Waals surface area contributed by atoms with Crippen molar-refractivity contribution >= 4 is 11.6 Å². The lowest BCUT2D eigenvalue weighted by Gasteiger charge is -2.32. The maximum absolute atomic E-state index is 13.0. The van der Waals surface area contributed by atoms with Crippen LogP contribution in [0.2, 0.25) is 0 Å². The largest absolute Gasteiger partial charge is 0.398 e. The first-order valence-electron chi connectivity index (χ1n) is 6.46. The molecule has 0 radical (unpaired) electrons. The second-order valence-corrected chi connectivity index (χ2v) is 4.90. The minimum Gasteiger partial charge on any atom is -0.398 e. The zero-order valence-electron chi connectivity index (χ0n) is 10.7. The molecule has 1 fully saturated rings. The minimum atomic E-state index is -0.408. The van der Waals surface area contributed by atoms with Crippen LogP contribution in [0.3, 0.4) is 0 Å². The van der Waals surface area contributed by atoms with E-state index < -0.39 is 5.82 Å². The van der Waals surface area contributed by atoms with Crippen LogP contribution >= 0.6 is 0 Å². The van der Waals surface area contributed by atoms with Gasteiger partial charge in [-0.3, -0.25) is 4.79 Å². The molecular weight excluding hydrogens is 231 g/mol. The van der Waals surface area contributed by atoms with Gasteiger partial charge in [-0.05, 0) is 37.0 Å². The number of nitrogens with zero attached hydrogens (tertiary/aromatic N) is 1. The van der Waals surface area contributed by atoms with Crippen molar-refractivity contribution in [2.75, 3.05) is 18.8 Å². The molecular formula is C14H19FN2O. The van der Waals surface area contributed by atoms with Gasteiger partial charge in [0, 0.05) is 18.8 Å². The number of carbonyl (C=O) groups excluding carboxylic acids is 1. The molecule has 1 heterocycles. The topological polar surface area (TPSA) is 46.3 Å². The standard InChI is InChI=1S/C14H19FN2O/c1-2-10-4-3-7-17(9-10)14(18)12-6-5-11(15)8-13(12)16/h5-6,8,10H,2-4,7,9,16H2,1H3. The molecule has 0 aromatic heterocycles. The van der Waals surface area contributed by atoms with Crippen molar-refractivity contribution in [3.8, 4) is 0 Å². The molecule has 1 aromatic rings. The van der Waals surface area contributed by atoms with Crippen molar-refractivity contribution in [2.45, 2.75) is 26.2 Å². The number of anilines is 1. The second-order valence-electron chi connectivity index (χ2n) is 4.90. The van der Waals surface area contributed by atoms with E-state index in [4.69, 9.17) is 5.73 Å². The van der Waals surface area contributed by atoms with E-state index in [1.165, 1.54) is 24.6 Å². The molecule has 98 valence electrons. The highest BCUT2D eigenvalue weighted by Crippen LogP contribution is 2.23. The quantitative estimate of drug-likeness (QED) is 0.820. The van der Waals surface area contributed by atoms with E-state index in [0.717, 1.165) is 25.9 Å². The highest BCUT2D eigenvalue weighted by Gasteiger charge is 2.24. The zero-order valence-corrected chi connectivity index (χ0v) is 10.7. The summed E-state index contributed by atoms with van der Waals surface area (Å²) in [5, 5.41) is 0. The van der Waals surface area contributed by atoms with Crippen LogP contribution in [-0.2, 0) is 0 Å². The highest BCUT2D eigenvalue weighted by atomic mass is 19.1. The minimum absolute atomic E-state index is 0.0781. The van der Waals surface area contributed by atoms with Crippen molar-refractivity contribution in [3.05, 3.63) is 29.6 Å². The molecule has 18 heavy (non-hydrogen) atoms. The number of nitrogen functional groups attached to an aromatic ring is 1. The Balaban J connectivity index is 2.15. The molecule has 1 saturated heterocycles. The summed E-state index contributed by atoms with van der Waals surface area (Å²) >= 11 is 0. The van der Waals surface area contributed by atoms with Gasteiger partial charge >= 0.3 is 0 Å². The molecule has 0 aliphatic carbocycles. The number of likely N-dealkylation sites (tertiary alicyclic amines) is 1. The number of hydrogen-bond donors (Lipinski definition) is 1. The first-order chi connectivity index (χ1) is 8.61. The SMILES string of the molecule is CCC1CCCN(C(=O)c2ccc(F)cc2N)C1. The fourth-order valence-electron chi connectivity index (χ4n) is 2.48. The zero-order chi connectivity index (χ0) is 13.1. The van der Waals surface area contributed by atoms with Crippen molar-refractivity contribution in [1.29, 1.82) is 0 Å². The summed E-state index contributed by atoms with van der Waals surface area (Å²) in [6, 6.07) is 3.96. The van der Waals surface area contributed by atoms with Crippen LogP contribution in [0.1, 0.15) is 36.5 Å². The Bertz CT molecular complexity index is 447. The highest BCUT2D eigenvalue weighted by molar-refractivity contribution is 5.99. The molecule has 1 amide bonds. The van der Waals surface area contributed by atoms with Gasteiger partial charge in [-0.1, -0.05) is 13.3 Å². The lowest BCUT2D eigenvalue weighted by Crippen LogP contribution is -2.40. The van der Waals surface area contributed by atoms with Crippen LogP contribution in [0, 0.1) is 11.7 Å². The maximum atomic E-state index is 13.0. The van der Waals surface area contributed by atoms with Gasteiger partial charge in [-0.15, -0.1) is 0 Å². The molecule has 1 aliphatic heterocycles. The van der Waals surface area contributed by atoms with Gasteiger partial charge in [0.2, 0.25) is 0 Å². The molecule has 4 heteroatoms. The van der Waals surface area contributed by atoms with Crippen molar-refractivity contribution in [3.63, 3.8) is 0 Å². The average molecular weight is 250 g/mol. The lowest BCUT2D eigenvalue weighted by molar-refractivity contribution is 0.0672. The van der Waals surface area contributed by atoms with E-state index >= 15 is 0 Å². The van der Waals surface area contributed by atoms with Crippen molar-refractivity contribution in [1.82, 2.24) is 4.90 Å². The summed E-state index contributed by atoms with van der Waals surface area (Å²) < 4.78 is 13.0. The number of amides is 1. The van der Waals surface area contributed by atoms with Gasteiger partial charge in [0.05, 0.1) is 5.56 Å². The molecule has 2 N–H and O–H groups in total. The smallest absolute Gasteiger partial charge is 0.255 e. The fraction of sp³-hybridized carbons (Fsp3) is 0.500. The second kappa shape index (κ2) is 5.38. The van der Waals surface area contributed by atoms with Gasteiger partial charge in [-0.2, -0.15) is 0 Å². The maximum Gasteiger partial charge on any atom is 0.255 e. The third-order valence-electron chi connectivity index (χ3n) is 3.63. The summed E-state index contributed by atoms with van der Waals surface area (Å²) in [5.74, 6) is 0.0872. The molecule has 1 aliphatic rings. The number of benzene rings is 1. The van der Waals surface area contributed by atoms with Crippen LogP contribution in [0.25, 0.3) is 0 Å². The average Bonchev–Trinajstić information content (AvgIpc) is 2.38. The number of piperidine rings is 1. The van der Waals surface area contributed by atoms with E-state index in [9.17, 15) is 9.18 Å². The summed E-state index contributed by atoms with van der Waals surface area (Å²) in [6.07, 6.45) is 3.30. The Hall–Kier alpha value is -1.58. The Morgan fingerprint density at radius 3 is 3.00 bits per heavy atom. The Labute approximate surface area is 107 Å². The summed E-state index contributed by atoms with van der Waals surface area (Å²) in [4.78, 5) is 14.2. The molecule has 0 saturated carbocycles. The van der Waals surface area contributed by atoms with Gasteiger partial charge in [0.1, 0.15) is 5.82 Å². The van der Waals surface area contributed by atoms with Crippen LogP contribution in [-0.4, -0.2) is 23.9 Å². The molecule has 3 nitrogen and oxygen atoms in total. The van der Waals surface area contributed by atoms with Crippen LogP contribution in [0.15, 0.2) is 18.2 Å². The van der Waals surface area contributed by atoms with E-state index in [1.54, 1.807) is 0 Å². The van der Waals surface area contributed by atoms with E-state index in [-0.39, 0.29) is 11.6 Å². The normalized spacial score (nSPS) is 19.9. The number of halogens is 1. The Morgan fingerprint density at radius 1 is 1.56 bits per heavy atom. The summed E-state index contributed by atoms with van der Waals surface area (Å²) in [7, 11) is 0. The summed E-state index contributed by atoms with van der Waals surface area (Å²) in [5.41, 5.74) is 6.34. The monoisotopic (exact) mass is 250 g/mol. The number of nitrogens with two attached hydrogens (primary N) is 1. The third-order valence-corrected chi connectivity index (χ3v) is 3.63. The lowest BCUT2D eigenvalue weighted by atomic mass is 9.95. The summed E-state index contributed by atoms with van der Waals surface area (Å²) in [6.45, 7) is 3.70. The molecule has 1 atom stereocenters. The van der Waals surface area contributed by atoms with Gasteiger partial charge in [-0.25, -0.2) is 4.39 Å². The molecule has 1 aromatic carbocycles. The van der Waals surface area contributed by atoms with E-state index in [1.807, 2.05) is 4.90 Å². The van der Waals surface area contributed by atoms with E-state index in [0.29, 0.717) is 11.5 Å². The number of hydrogen-bond acceptors (Lipinski definition) is 2. The Morgan fingerprint density at radius 2 is 2.33 bits per heavy atom. The van der Waals surface area contributed by atoms with Gasteiger partial charge in [0.25, 0.3) is 5.91 Å². The number of rotatable bonds is 2. The first-order valence-corrected chi connectivity index (χ1v) is 6.46. The third kappa shape index (κ3) is 2.63. The van der Waals surface area contributed by atoms with Crippen LogP contribution in [0.4, 0.5) is 10.1 Å². The van der Waals surface area contributed by atoms with Crippen molar-refractivity contribution in [2.24, 2.45) is 5.92 Å². The molecule has 0 bridgehead atoms. The van der Waals surface area contributed by atoms with E-state index in [2.05, 4.69) is 6.92 Å². The predicted octanol–water partition coefficient (Wildman–Crippen LogP) is 2.67. The Kier molecular flexibility index (Phi) is 3.84.